The fourth-order valence-electron chi connectivity index (χ4n) is 3.49. The molecule has 1 aliphatic heterocycles. The van der Waals surface area contributed by atoms with Crippen LogP contribution in [0.4, 0.5) is 0 Å². The molecule has 2 aromatic heterocycles. The van der Waals surface area contributed by atoms with E-state index < -0.39 is 0 Å². The van der Waals surface area contributed by atoms with E-state index in [0.717, 1.165) is 60.6 Å². The minimum Gasteiger partial charge on any atom is -0.379 e. The number of morpholine rings is 1. The summed E-state index contributed by atoms with van der Waals surface area (Å²) in [5.74, 6) is -0.0728. The molecule has 1 aromatic carbocycles. The number of nitrogens with one attached hydrogen (secondary N) is 1. The molecule has 0 spiro atoms. The molecule has 0 atom stereocenters. The van der Waals surface area contributed by atoms with Crippen LogP contribution in [0.3, 0.4) is 0 Å². The summed E-state index contributed by atoms with van der Waals surface area (Å²) in [5, 5.41) is 3.94. The number of benzene rings is 1. The molecule has 1 N–H and O–H groups in total. The maximum absolute atomic E-state index is 13.0. The number of para-hydroxylation sites is 1. The smallest absolute Gasteiger partial charge is 0.252 e. The van der Waals surface area contributed by atoms with Gasteiger partial charge in [0.05, 0.1) is 30.0 Å². The average Bonchev–Trinajstić information content (AvgIpc) is 2.75. The van der Waals surface area contributed by atoms with Crippen molar-refractivity contribution in [2.24, 2.45) is 0 Å². The Balaban J connectivity index is 1.61. The quantitative estimate of drug-likeness (QED) is 0.742. The van der Waals surface area contributed by atoms with Crippen molar-refractivity contribution in [3.05, 3.63) is 59.9 Å². The summed E-state index contributed by atoms with van der Waals surface area (Å²) in [5.41, 5.74) is 4.20. The highest BCUT2D eigenvalue weighted by atomic mass is 16.5. The third-order valence-electron chi connectivity index (χ3n) is 5.06. The molecule has 1 saturated heterocycles. The van der Waals surface area contributed by atoms with Crippen LogP contribution in [0.5, 0.6) is 0 Å². The summed E-state index contributed by atoms with van der Waals surface area (Å²) in [6.45, 7) is 6.80. The number of ether oxygens (including phenoxy) is 1. The van der Waals surface area contributed by atoms with Crippen LogP contribution in [0.1, 0.15) is 15.9 Å². The summed E-state index contributed by atoms with van der Waals surface area (Å²) >= 11 is 0. The van der Waals surface area contributed by atoms with Gasteiger partial charge >= 0.3 is 0 Å². The van der Waals surface area contributed by atoms with E-state index in [4.69, 9.17) is 9.72 Å². The highest BCUT2D eigenvalue weighted by molar-refractivity contribution is 6.07. The van der Waals surface area contributed by atoms with Crippen molar-refractivity contribution < 1.29 is 9.53 Å². The van der Waals surface area contributed by atoms with Gasteiger partial charge in [-0.1, -0.05) is 18.2 Å². The Hall–Kier alpha value is -2.83. The van der Waals surface area contributed by atoms with E-state index in [0.29, 0.717) is 12.1 Å². The lowest BCUT2D eigenvalue weighted by Crippen LogP contribution is -2.41. The molecule has 1 amide bonds. The van der Waals surface area contributed by atoms with Gasteiger partial charge in [-0.15, -0.1) is 0 Å². The van der Waals surface area contributed by atoms with Gasteiger partial charge < -0.3 is 10.1 Å². The normalized spacial score (nSPS) is 14.9. The number of amides is 1. The van der Waals surface area contributed by atoms with Crippen LogP contribution in [0.15, 0.2) is 48.8 Å². The molecular weight excluding hydrogens is 352 g/mol. The molecule has 0 bridgehead atoms. The molecule has 6 heteroatoms. The number of pyridine rings is 2. The average molecular weight is 376 g/mol. The van der Waals surface area contributed by atoms with Crippen LogP contribution in [0, 0.1) is 6.92 Å². The van der Waals surface area contributed by atoms with Crippen LogP contribution >= 0.6 is 0 Å². The van der Waals surface area contributed by atoms with Gasteiger partial charge in [0, 0.05) is 49.5 Å². The number of hydrogen-bond donors (Lipinski definition) is 1. The number of carbonyl (C=O) groups excluding carboxylic acids is 1. The lowest BCUT2D eigenvalue weighted by molar-refractivity contribution is 0.0383. The highest BCUT2D eigenvalue weighted by Gasteiger charge is 2.16. The van der Waals surface area contributed by atoms with E-state index in [9.17, 15) is 4.79 Å². The molecule has 6 nitrogen and oxygen atoms in total. The van der Waals surface area contributed by atoms with Crippen molar-refractivity contribution in [1.29, 1.82) is 0 Å². The Bertz CT molecular complexity index is 969. The molecular formula is C22H24N4O2. The monoisotopic (exact) mass is 376 g/mol. The predicted molar refractivity (Wildman–Crippen MR) is 109 cm³/mol. The third-order valence-corrected chi connectivity index (χ3v) is 5.06. The Morgan fingerprint density at radius 2 is 2.07 bits per heavy atom. The molecule has 0 radical (unpaired) electrons. The van der Waals surface area contributed by atoms with E-state index in [2.05, 4.69) is 15.2 Å². The first-order chi connectivity index (χ1) is 13.7. The van der Waals surface area contributed by atoms with Crippen molar-refractivity contribution in [3.8, 4) is 11.3 Å². The largest absolute Gasteiger partial charge is 0.379 e. The second kappa shape index (κ2) is 8.46. The zero-order valence-corrected chi connectivity index (χ0v) is 16.0. The Morgan fingerprint density at radius 1 is 1.21 bits per heavy atom. The topological polar surface area (TPSA) is 67.4 Å². The van der Waals surface area contributed by atoms with Gasteiger partial charge in [-0.05, 0) is 30.7 Å². The van der Waals surface area contributed by atoms with Crippen molar-refractivity contribution in [1.82, 2.24) is 20.2 Å². The van der Waals surface area contributed by atoms with Crippen LogP contribution in [-0.4, -0.2) is 60.2 Å². The van der Waals surface area contributed by atoms with Gasteiger partial charge in [-0.25, -0.2) is 4.98 Å². The molecule has 4 rings (SSSR count). The molecule has 144 valence electrons. The summed E-state index contributed by atoms with van der Waals surface area (Å²) in [6.07, 6.45) is 3.50. The Labute approximate surface area is 164 Å². The van der Waals surface area contributed by atoms with Gasteiger partial charge in [-0.2, -0.15) is 0 Å². The SMILES string of the molecule is Cc1cccc2c(C(=O)NCCN3CCOCC3)cc(-c3cccnc3)nc12. The van der Waals surface area contributed by atoms with Gasteiger partial charge in [0.25, 0.3) is 5.91 Å². The zero-order chi connectivity index (χ0) is 19.3. The first-order valence-corrected chi connectivity index (χ1v) is 9.61. The lowest BCUT2D eigenvalue weighted by atomic mass is 10.0. The Kier molecular flexibility index (Phi) is 5.60. The summed E-state index contributed by atoms with van der Waals surface area (Å²) in [7, 11) is 0. The number of rotatable bonds is 5. The van der Waals surface area contributed by atoms with Gasteiger partial charge in [0.15, 0.2) is 0 Å². The van der Waals surface area contributed by atoms with Crippen LogP contribution in [0.25, 0.3) is 22.2 Å². The molecule has 1 fully saturated rings. The number of aromatic nitrogens is 2. The van der Waals surface area contributed by atoms with Crippen molar-refractivity contribution in [2.45, 2.75) is 6.92 Å². The number of nitrogens with zero attached hydrogens (tertiary/aromatic N) is 3. The van der Waals surface area contributed by atoms with E-state index in [1.807, 2.05) is 43.3 Å². The second-order valence-electron chi connectivity index (χ2n) is 6.98. The summed E-state index contributed by atoms with van der Waals surface area (Å²) < 4.78 is 5.37. The van der Waals surface area contributed by atoms with E-state index in [1.165, 1.54) is 0 Å². The van der Waals surface area contributed by atoms with Gasteiger partial charge in [0.2, 0.25) is 0 Å². The minimum absolute atomic E-state index is 0.0728. The number of hydrogen-bond acceptors (Lipinski definition) is 5. The molecule has 28 heavy (non-hydrogen) atoms. The molecule has 0 saturated carbocycles. The maximum Gasteiger partial charge on any atom is 0.252 e. The predicted octanol–water partition coefficient (Wildman–Crippen LogP) is 2.67. The van der Waals surface area contributed by atoms with Crippen molar-refractivity contribution in [3.63, 3.8) is 0 Å². The maximum atomic E-state index is 13.0. The summed E-state index contributed by atoms with van der Waals surface area (Å²) in [6, 6.07) is 11.6. The van der Waals surface area contributed by atoms with Gasteiger partial charge in [0.1, 0.15) is 0 Å². The van der Waals surface area contributed by atoms with Crippen molar-refractivity contribution >= 4 is 16.8 Å². The fraction of sp³-hybridized carbons (Fsp3) is 0.318. The number of fused-ring (bicyclic) bond motifs is 1. The first-order valence-electron chi connectivity index (χ1n) is 9.61. The van der Waals surface area contributed by atoms with Crippen LogP contribution in [-0.2, 0) is 4.74 Å². The molecule has 1 aliphatic rings. The van der Waals surface area contributed by atoms with E-state index in [1.54, 1.807) is 12.4 Å². The van der Waals surface area contributed by atoms with Gasteiger partial charge in [-0.3, -0.25) is 14.7 Å². The third kappa shape index (κ3) is 4.03. The van der Waals surface area contributed by atoms with E-state index in [-0.39, 0.29) is 5.91 Å². The first kappa shape index (κ1) is 18.5. The number of carbonyl (C=O) groups is 1. The fourth-order valence-corrected chi connectivity index (χ4v) is 3.49. The summed E-state index contributed by atoms with van der Waals surface area (Å²) in [4.78, 5) is 24.3. The van der Waals surface area contributed by atoms with Crippen molar-refractivity contribution in [2.75, 3.05) is 39.4 Å². The minimum atomic E-state index is -0.0728. The molecule has 0 unspecified atom stereocenters. The molecule has 0 aliphatic carbocycles. The second-order valence-corrected chi connectivity index (χ2v) is 6.98. The highest BCUT2D eigenvalue weighted by Crippen LogP contribution is 2.26. The molecule has 3 aromatic rings. The number of aryl methyl sites for hydroxylation is 1. The Morgan fingerprint density at radius 3 is 2.86 bits per heavy atom. The van der Waals surface area contributed by atoms with E-state index >= 15 is 0 Å². The zero-order valence-electron chi connectivity index (χ0n) is 16.0. The standard InChI is InChI=1S/C22H24N4O2/c1-16-4-2-6-18-19(22(27)24-8-9-26-10-12-28-13-11-26)14-20(25-21(16)18)17-5-3-7-23-15-17/h2-7,14-15H,8-13H2,1H3,(H,24,27). The lowest BCUT2D eigenvalue weighted by Gasteiger charge is -2.26. The van der Waals surface area contributed by atoms with Crippen LogP contribution in [0.2, 0.25) is 0 Å². The molecule has 3 heterocycles. The van der Waals surface area contributed by atoms with Crippen LogP contribution < -0.4 is 5.32 Å².